The van der Waals surface area contributed by atoms with Crippen molar-refractivity contribution in [2.45, 2.75) is 20.0 Å². The van der Waals surface area contributed by atoms with E-state index in [1.54, 1.807) is 6.20 Å². The first kappa shape index (κ1) is 8.21. The SMILES string of the molecule is CCO[C@@H](C)c1cccnc1. The van der Waals surface area contributed by atoms with E-state index in [0.29, 0.717) is 0 Å². The number of ether oxygens (including phenoxy) is 1. The normalized spacial score (nSPS) is 12.9. The maximum Gasteiger partial charge on any atom is 0.0811 e. The lowest BCUT2D eigenvalue weighted by molar-refractivity contribution is 0.0761. The van der Waals surface area contributed by atoms with Gasteiger partial charge in [-0.3, -0.25) is 4.98 Å². The van der Waals surface area contributed by atoms with Gasteiger partial charge < -0.3 is 4.74 Å². The zero-order valence-corrected chi connectivity index (χ0v) is 6.95. The van der Waals surface area contributed by atoms with Gasteiger partial charge in [0.25, 0.3) is 0 Å². The van der Waals surface area contributed by atoms with Gasteiger partial charge in [-0.25, -0.2) is 0 Å². The van der Waals surface area contributed by atoms with Gasteiger partial charge in [-0.05, 0) is 25.5 Å². The molecule has 2 heteroatoms. The zero-order valence-electron chi connectivity index (χ0n) is 6.95. The van der Waals surface area contributed by atoms with E-state index in [0.717, 1.165) is 12.2 Å². The summed E-state index contributed by atoms with van der Waals surface area (Å²) < 4.78 is 5.39. The molecule has 1 atom stereocenters. The number of hydrogen-bond acceptors (Lipinski definition) is 2. The van der Waals surface area contributed by atoms with Gasteiger partial charge in [0, 0.05) is 19.0 Å². The molecule has 1 heterocycles. The molecule has 0 aliphatic carbocycles. The Labute approximate surface area is 67.2 Å². The van der Waals surface area contributed by atoms with Crippen LogP contribution in [0.1, 0.15) is 25.5 Å². The first-order chi connectivity index (χ1) is 5.34. The van der Waals surface area contributed by atoms with E-state index in [1.165, 1.54) is 0 Å². The van der Waals surface area contributed by atoms with Gasteiger partial charge in [0.15, 0.2) is 0 Å². The monoisotopic (exact) mass is 151 g/mol. The summed E-state index contributed by atoms with van der Waals surface area (Å²) in [5.74, 6) is 0. The molecule has 0 saturated heterocycles. The van der Waals surface area contributed by atoms with E-state index in [-0.39, 0.29) is 6.10 Å². The molecule has 0 bridgehead atoms. The van der Waals surface area contributed by atoms with E-state index >= 15 is 0 Å². The minimum absolute atomic E-state index is 0.161. The van der Waals surface area contributed by atoms with Gasteiger partial charge in [-0.2, -0.15) is 0 Å². The predicted octanol–water partition coefficient (Wildman–Crippen LogP) is 2.18. The van der Waals surface area contributed by atoms with Crippen molar-refractivity contribution in [3.63, 3.8) is 0 Å². The van der Waals surface area contributed by atoms with Crippen LogP contribution in [0.4, 0.5) is 0 Å². The van der Waals surface area contributed by atoms with Gasteiger partial charge in [-0.15, -0.1) is 0 Å². The third kappa shape index (κ3) is 2.31. The second-order valence-corrected chi connectivity index (χ2v) is 2.38. The van der Waals surface area contributed by atoms with Crippen LogP contribution in [0.25, 0.3) is 0 Å². The first-order valence-electron chi connectivity index (χ1n) is 3.86. The maximum atomic E-state index is 5.39. The first-order valence-corrected chi connectivity index (χ1v) is 3.86. The zero-order chi connectivity index (χ0) is 8.10. The molecule has 0 fully saturated rings. The van der Waals surface area contributed by atoms with Gasteiger partial charge in [-0.1, -0.05) is 6.07 Å². The molecule has 0 aliphatic heterocycles. The van der Waals surface area contributed by atoms with Crippen LogP contribution in [0.5, 0.6) is 0 Å². The highest BCUT2D eigenvalue weighted by Crippen LogP contribution is 2.13. The topological polar surface area (TPSA) is 22.1 Å². The highest BCUT2D eigenvalue weighted by Gasteiger charge is 2.02. The van der Waals surface area contributed by atoms with Crippen LogP contribution in [0.3, 0.4) is 0 Å². The van der Waals surface area contributed by atoms with Crippen LogP contribution in [-0.2, 0) is 4.74 Å². The molecule has 60 valence electrons. The Morgan fingerprint density at radius 3 is 3.00 bits per heavy atom. The smallest absolute Gasteiger partial charge is 0.0811 e. The lowest BCUT2D eigenvalue weighted by Crippen LogP contribution is -1.99. The van der Waals surface area contributed by atoms with Gasteiger partial charge in [0.2, 0.25) is 0 Å². The lowest BCUT2D eigenvalue weighted by Gasteiger charge is -2.10. The Morgan fingerprint density at radius 1 is 1.64 bits per heavy atom. The third-order valence-corrected chi connectivity index (χ3v) is 1.57. The quantitative estimate of drug-likeness (QED) is 0.660. The van der Waals surface area contributed by atoms with Crippen molar-refractivity contribution >= 4 is 0 Å². The van der Waals surface area contributed by atoms with Crippen LogP contribution in [0.15, 0.2) is 24.5 Å². The standard InChI is InChI=1S/C9H13NO/c1-3-11-8(2)9-5-4-6-10-7-9/h4-8H,3H2,1-2H3/t8-/m0/s1. The van der Waals surface area contributed by atoms with E-state index in [9.17, 15) is 0 Å². The molecule has 2 nitrogen and oxygen atoms in total. The molecule has 0 unspecified atom stereocenters. The Balaban J connectivity index is 2.61. The lowest BCUT2D eigenvalue weighted by atomic mass is 10.2. The fraction of sp³-hybridized carbons (Fsp3) is 0.444. The van der Waals surface area contributed by atoms with E-state index in [4.69, 9.17) is 4.74 Å². The van der Waals surface area contributed by atoms with Gasteiger partial charge >= 0.3 is 0 Å². The molecule has 0 radical (unpaired) electrons. The molecule has 11 heavy (non-hydrogen) atoms. The van der Waals surface area contributed by atoms with Crippen molar-refractivity contribution in [3.05, 3.63) is 30.1 Å². The van der Waals surface area contributed by atoms with E-state index in [1.807, 2.05) is 32.2 Å². The fourth-order valence-corrected chi connectivity index (χ4v) is 0.963. The number of nitrogens with zero attached hydrogens (tertiary/aromatic N) is 1. The van der Waals surface area contributed by atoms with Crippen LogP contribution in [0.2, 0.25) is 0 Å². The minimum Gasteiger partial charge on any atom is -0.374 e. The number of pyridine rings is 1. The summed E-state index contributed by atoms with van der Waals surface area (Å²) in [6.45, 7) is 4.77. The Bertz CT molecular complexity index is 198. The average Bonchev–Trinajstić information content (AvgIpc) is 2.07. The molecule has 1 aromatic rings. The minimum atomic E-state index is 0.161. The molecule has 1 aromatic heterocycles. The molecule has 0 spiro atoms. The largest absolute Gasteiger partial charge is 0.374 e. The Hall–Kier alpha value is -0.890. The van der Waals surface area contributed by atoms with Crippen LogP contribution in [0, 0.1) is 0 Å². The van der Waals surface area contributed by atoms with Crippen molar-refractivity contribution in [3.8, 4) is 0 Å². The Kier molecular flexibility index (Phi) is 3.05. The van der Waals surface area contributed by atoms with Gasteiger partial charge in [0.05, 0.1) is 6.10 Å². The van der Waals surface area contributed by atoms with Crippen LogP contribution in [-0.4, -0.2) is 11.6 Å². The number of aromatic nitrogens is 1. The summed E-state index contributed by atoms with van der Waals surface area (Å²) in [6, 6.07) is 3.94. The molecular formula is C9H13NO. The van der Waals surface area contributed by atoms with Crippen molar-refractivity contribution in [1.29, 1.82) is 0 Å². The summed E-state index contributed by atoms with van der Waals surface area (Å²) in [5.41, 5.74) is 1.13. The van der Waals surface area contributed by atoms with Crippen molar-refractivity contribution < 1.29 is 4.74 Å². The second kappa shape index (κ2) is 4.09. The molecule has 0 amide bonds. The summed E-state index contributed by atoms with van der Waals surface area (Å²) in [4.78, 5) is 4.01. The molecule has 1 rings (SSSR count). The maximum absolute atomic E-state index is 5.39. The molecule has 0 aromatic carbocycles. The van der Waals surface area contributed by atoms with Crippen LogP contribution < -0.4 is 0 Å². The molecule has 0 aliphatic rings. The summed E-state index contributed by atoms with van der Waals surface area (Å²) >= 11 is 0. The molecule has 0 N–H and O–H groups in total. The highest BCUT2D eigenvalue weighted by molar-refractivity contribution is 5.10. The van der Waals surface area contributed by atoms with E-state index in [2.05, 4.69) is 4.98 Å². The highest BCUT2D eigenvalue weighted by atomic mass is 16.5. The Morgan fingerprint density at radius 2 is 2.45 bits per heavy atom. The summed E-state index contributed by atoms with van der Waals surface area (Å²) in [5, 5.41) is 0. The summed E-state index contributed by atoms with van der Waals surface area (Å²) in [6.07, 6.45) is 3.76. The molecule has 0 saturated carbocycles. The van der Waals surface area contributed by atoms with Gasteiger partial charge in [0.1, 0.15) is 0 Å². The third-order valence-electron chi connectivity index (χ3n) is 1.57. The van der Waals surface area contributed by atoms with Crippen molar-refractivity contribution in [2.75, 3.05) is 6.61 Å². The van der Waals surface area contributed by atoms with E-state index < -0.39 is 0 Å². The summed E-state index contributed by atoms with van der Waals surface area (Å²) in [7, 11) is 0. The van der Waals surface area contributed by atoms with Crippen molar-refractivity contribution in [2.24, 2.45) is 0 Å². The van der Waals surface area contributed by atoms with Crippen LogP contribution >= 0.6 is 0 Å². The fourth-order valence-electron chi connectivity index (χ4n) is 0.963. The van der Waals surface area contributed by atoms with Crippen molar-refractivity contribution in [1.82, 2.24) is 4.98 Å². The number of hydrogen-bond donors (Lipinski definition) is 0. The second-order valence-electron chi connectivity index (χ2n) is 2.38. The average molecular weight is 151 g/mol. The number of rotatable bonds is 3. The molecular weight excluding hydrogens is 138 g/mol. The predicted molar refractivity (Wildman–Crippen MR) is 44.3 cm³/mol.